The number of methoxy groups -OCH3 is 1. The normalized spacial score (nSPS) is 11.3. The van der Waals surface area contributed by atoms with E-state index >= 15 is 0 Å². The summed E-state index contributed by atoms with van der Waals surface area (Å²) >= 11 is 0. The smallest absolute Gasteiger partial charge is 0.307 e. The van der Waals surface area contributed by atoms with Crippen molar-refractivity contribution in [2.24, 2.45) is 0 Å². The Balaban J connectivity index is 1.68. The van der Waals surface area contributed by atoms with Crippen molar-refractivity contribution in [1.29, 1.82) is 0 Å². The Morgan fingerprint density at radius 2 is 1.66 bits per heavy atom. The lowest BCUT2D eigenvalue weighted by molar-refractivity contribution is -0.141. The number of ether oxygens (including phenoxy) is 1. The number of benzene rings is 2. The minimum absolute atomic E-state index is 0.0174. The molecular weight excluding hydrogens is 372 g/mol. The molecule has 0 aliphatic heterocycles. The van der Waals surface area contributed by atoms with Gasteiger partial charge < -0.3 is 19.8 Å². The molecule has 0 aliphatic carbocycles. The predicted octanol–water partition coefficient (Wildman–Crippen LogP) is 3.57. The third-order valence-electron chi connectivity index (χ3n) is 4.26. The second-order valence-electron chi connectivity index (χ2n) is 6.23. The molecule has 2 aromatic carbocycles. The van der Waals surface area contributed by atoms with Gasteiger partial charge in [0.25, 0.3) is 11.8 Å². The summed E-state index contributed by atoms with van der Waals surface area (Å²) in [6.07, 6.45) is 1.43. The van der Waals surface area contributed by atoms with E-state index in [4.69, 9.17) is 9.15 Å². The number of amides is 2. The molecule has 2 N–H and O–H groups in total. The zero-order valence-corrected chi connectivity index (χ0v) is 15.8. The monoisotopic (exact) mass is 392 g/mol. The molecule has 0 spiro atoms. The first-order valence-corrected chi connectivity index (χ1v) is 8.94. The molecule has 1 unspecified atom stereocenters. The summed E-state index contributed by atoms with van der Waals surface area (Å²) in [5, 5.41) is 5.54. The summed E-state index contributed by atoms with van der Waals surface area (Å²) in [7, 11) is 1.31. The number of rotatable bonds is 7. The third-order valence-corrected chi connectivity index (χ3v) is 4.26. The fraction of sp³-hybridized carbons (Fsp3) is 0.136. The highest BCUT2D eigenvalue weighted by molar-refractivity contribution is 6.02. The van der Waals surface area contributed by atoms with E-state index in [2.05, 4.69) is 10.6 Å². The van der Waals surface area contributed by atoms with Gasteiger partial charge in [-0.25, -0.2) is 0 Å². The van der Waals surface area contributed by atoms with Gasteiger partial charge in [0.05, 0.1) is 25.8 Å². The van der Waals surface area contributed by atoms with Gasteiger partial charge in [0.1, 0.15) is 0 Å². The van der Waals surface area contributed by atoms with Crippen molar-refractivity contribution < 1.29 is 23.5 Å². The van der Waals surface area contributed by atoms with E-state index in [1.54, 1.807) is 36.4 Å². The van der Waals surface area contributed by atoms with Crippen LogP contribution in [0.15, 0.2) is 77.4 Å². The molecule has 0 saturated heterocycles. The van der Waals surface area contributed by atoms with Crippen LogP contribution < -0.4 is 10.6 Å². The minimum atomic E-state index is -0.519. The molecule has 1 aromatic heterocycles. The van der Waals surface area contributed by atoms with E-state index in [0.717, 1.165) is 5.56 Å². The van der Waals surface area contributed by atoms with Gasteiger partial charge in [0.2, 0.25) is 0 Å². The number of esters is 1. The molecule has 1 atom stereocenters. The number of hydrogen-bond acceptors (Lipinski definition) is 5. The summed E-state index contributed by atoms with van der Waals surface area (Å²) in [4.78, 5) is 36.4. The summed E-state index contributed by atoms with van der Waals surface area (Å²) < 4.78 is 9.78. The molecule has 148 valence electrons. The van der Waals surface area contributed by atoms with Crippen LogP contribution in [0.2, 0.25) is 0 Å². The van der Waals surface area contributed by atoms with Crippen LogP contribution in [0.3, 0.4) is 0 Å². The number of furan rings is 1. The van der Waals surface area contributed by atoms with Crippen molar-refractivity contribution in [2.45, 2.75) is 12.5 Å². The first kappa shape index (κ1) is 19.9. The molecule has 29 heavy (non-hydrogen) atoms. The molecule has 1 heterocycles. The van der Waals surface area contributed by atoms with Crippen molar-refractivity contribution in [3.05, 3.63) is 89.9 Å². The Morgan fingerprint density at radius 1 is 0.931 bits per heavy atom. The first-order valence-electron chi connectivity index (χ1n) is 8.94. The molecule has 0 aliphatic rings. The molecule has 7 heteroatoms. The average Bonchev–Trinajstić information content (AvgIpc) is 3.29. The molecule has 7 nitrogen and oxygen atoms in total. The van der Waals surface area contributed by atoms with Crippen molar-refractivity contribution >= 4 is 23.5 Å². The molecule has 0 bridgehead atoms. The number of anilines is 1. The zero-order chi connectivity index (χ0) is 20.6. The van der Waals surface area contributed by atoms with E-state index < -0.39 is 12.0 Å². The minimum Gasteiger partial charge on any atom is -0.469 e. The lowest BCUT2D eigenvalue weighted by Gasteiger charge is -2.18. The van der Waals surface area contributed by atoms with Crippen molar-refractivity contribution in [3.8, 4) is 0 Å². The largest absolute Gasteiger partial charge is 0.469 e. The molecular formula is C22H20N2O5. The van der Waals surface area contributed by atoms with Gasteiger partial charge in [-0.3, -0.25) is 14.4 Å². The van der Waals surface area contributed by atoms with Gasteiger partial charge in [-0.05, 0) is 42.0 Å². The lowest BCUT2D eigenvalue weighted by Crippen LogP contribution is -2.30. The summed E-state index contributed by atoms with van der Waals surface area (Å²) in [6.45, 7) is 0. The number of nitrogens with one attached hydrogen (secondary N) is 2. The highest BCUT2D eigenvalue weighted by Crippen LogP contribution is 2.19. The van der Waals surface area contributed by atoms with E-state index in [9.17, 15) is 14.4 Å². The SMILES string of the molecule is COC(=O)CC(NC(=O)c1ccc(NC(=O)c2ccco2)cc1)c1ccccc1. The van der Waals surface area contributed by atoms with Gasteiger partial charge in [0.15, 0.2) is 5.76 Å². The molecule has 3 aromatic rings. The molecule has 0 fully saturated rings. The summed E-state index contributed by atoms with van der Waals surface area (Å²) in [6, 6.07) is 18.3. The Morgan fingerprint density at radius 3 is 2.28 bits per heavy atom. The maximum absolute atomic E-state index is 12.7. The van der Waals surface area contributed by atoms with Crippen molar-refractivity contribution in [1.82, 2.24) is 5.32 Å². The van der Waals surface area contributed by atoms with Crippen LogP contribution in [0.1, 0.15) is 38.9 Å². The maximum Gasteiger partial charge on any atom is 0.307 e. The number of carbonyl (C=O) groups is 3. The van der Waals surface area contributed by atoms with Crippen molar-refractivity contribution in [2.75, 3.05) is 12.4 Å². The van der Waals surface area contributed by atoms with Gasteiger partial charge in [0, 0.05) is 11.3 Å². The van der Waals surface area contributed by atoms with Gasteiger partial charge in [-0.2, -0.15) is 0 Å². The van der Waals surface area contributed by atoms with Crippen LogP contribution in [0.25, 0.3) is 0 Å². The van der Waals surface area contributed by atoms with E-state index in [1.807, 2.05) is 30.3 Å². The highest BCUT2D eigenvalue weighted by Gasteiger charge is 2.19. The van der Waals surface area contributed by atoms with Crippen LogP contribution >= 0.6 is 0 Å². The molecule has 3 rings (SSSR count). The topological polar surface area (TPSA) is 97.6 Å². The Kier molecular flexibility index (Phi) is 6.42. The number of hydrogen-bond donors (Lipinski definition) is 2. The lowest BCUT2D eigenvalue weighted by atomic mass is 10.0. The molecule has 0 radical (unpaired) electrons. The van der Waals surface area contributed by atoms with Gasteiger partial charge in [-0.15, -0.1) is 0 Å². The predicted molar refractivity (Wildman–Crippen MR) is 106 cm³/mol. The van der Waals surface area contributed by atoms with Gasteiger partial charge >= 0.3 is 5.97 Å². The quantitative estimate of drug-likeness (QED) is 0.599. The fourth-order valence-corrected chi connectivity index (χ4v) is 2.73. The van der Waals surface area contributed by atoms with Crippen LogP contribution in [-0.4, -0.2) is 24.9 Å². The van der Waals surface area contributed by atoms with Gasteiger partial charge in [-0.1, -0.05) is 30.3 Å². The first-order chi connectivity index (χ1) is 14.1. The van der Waals surface area contributed by atoms with Crippen LogP contribution in [0.5, 0.6) is 0 Å². The molecule has 0 saturated carbocycles. The average molecular weight is 392 g/mol. The summed E-state index contributed by atoms with van der Waals surface area (Å²) in [5.74, 6) is -0.948. The Bertz CT molecular complexity index is 966. The Labute approximate surface area is 167 Å². The molecule has 2 amide bonds. The van der Waals surface area contributed by atoms with E-state index in [-0.39, 0.29) is 24.0 Å². The summed E-state index contributed by atoms with van der Waals surface area (Å²) in [5.41, 5.74) is 1.72. The second-order valence-corrected chi connectivity index (χ2v) is 6.23. The van der Waals surface area contributed by atoms with E-state index in [1.165, 1.54) is 13.4 Å². The highest BCUT2D eigenvalue weighted by atomic mass is 16.5. The maximum atomic E-state index is 12.7. The van der Waals surface area contributed by atoms with Crippen LogP contribution in [0.4, 0.5) is 5.69 Å². The Hall–Kier alpha value is -3.87. The third kappa shape index (κ3) is 5.32. The fourth-order valence-electron chi connectivity index (χ4n) is 2.73. The van der Waals surface area contributed by atoms with E-state index in [0.29, 0.717) is 11.3 Å². The van der Waals surface area contributed by atoms with Crippen LogP contribution in [-0.2, 0) is 9.53 Å². The number of carbonyl (C=O) groups excluding carboxylic acids is 3. The van der Waals surface area contributed by atoms with Crippen molar-refractivity contribution in [3.63, 3.8) is 0 Å². The standard InChI is InChI=1S/C22H20N2O5/c1-28-20(25)14-18(15-6-3-2-4-7-15)24-21(26)16-9-11-17(12-10-16)23-22(27)19-8-5-13-29-19/h2-13,18H,14H2,1H3,(H,23,27)(H,24,26). The van der Waals surface area contributed by atoms with Crippen LogP contribution in [0, 0.1) is 0 Å². The second kappa shape index (κ2) is 9.36. The zero-order valence-electron chi connectivity index (χ0n) is 15.8.